The monoisotopic (exact) mass is 465 g/mol. The predicted octanol–water partition coefficient (Wildman–Crippen LogP) is 2.08. The van der Waals surface area contributed by atoms with E-state index in [-0.39, 0.29) is 23.4 Å². The van der Waals surface area contributed by atoms with Crippen molar-refractivity contribution in [2.45, 2.75) is 65.2 Å². The fourth-order valence-corrected chi connectivity index (χ4v) is 3.42. The van der Waals surface area contributed by atoms with Gasteiger partial charge in [0.05, 0.1) is 24.7 Å². The molecule has 0 fully saturated rings. The third-order valence-corrected chi connectivity index (χ3v) is 5.29. The Balaban J connectivity index is 0. The number of hydrogen-bond donors (Lipinski definition) is 1. The number of sulfonamides is 1. The number of ether oxygens (including phenoxy) is 2. The van der Waals surface area contributed by atoms with E-state index >= 15 is 0 Å². The Morgan fingerprint density at radius 2 is 1.14 bits per heavy atom. The quantitative estimate of drug-likeness (QED) is 0.233. The van der Waals surface area contributed by atoms with Gasteiger partial charge in [0.1, 0.15) is 0 Å². The van der Waals surface area contributed by atoms with Crippen molar-refractivity contribution in [1.82, 2.24) is 0 Å². The van der Waals surface area contributed by atoms with Crippen LogP contribution in [-0.2, 0) is 38.1 Å². The second kappa shape index (κ2) is 17.0. The lowest BCUT2D eigenvalue weighted by Crippen LogP contribution is -2.16. The standard InChI is InChI=1S/C8H15ClO4S.C8H17NO4S/c2*1-2-13-8(10)6-4-3-5-7-14(9,11)12/h2-7H2,1H3;2-7H2,1H3,(H2,9,11,12). The van der Waals surface area contributed by atoms with Crippen molar-refractivity contribution in [2.24, 2.45) is 5.14 Å². The Bertz CT molecular complexity index is 579. The van der Waals surface area contributed by atoms with Crippen LogP contribution in [0.1, 0.15) is 65.2 Å². The van der Waals surface area contributed by atoms with E-state index in [0.717, 1.165) is 0 Å². The number of carbonyl (C=O) groups excluding carboxylic acids is 2. The SMILES string of the molecule is CCOC(=O)CCCCCS(=O)(=O)Cl.CCOC(=O)CCCCCS(N)(=O)=O. The first-order valence-corrected chi connectivity index (χ1v) is 13.3. The molecule has 0 amide bonds. The summed E-state index contributed by atoms with van der Waals surface area (Å²) in [5.74, 6) is -0.517. The predicted molar refractivity (Wildman–Crippen MR) is 108 cm³/mol. The van der Waals surface area contributed by atoms with Crippen LogP contribution >= 0.6 is 10.7 Å². The van der Waals surface area contributed by atoms with Crippen LogP contribution in [0.15, 0.2) is 0 Å². The lowest BCUT2D eigenvalue weighted by molar-refractivity contribution is -0.144. The fraction of sp³-hybridized carbons (Fsp3) is 0.875. The van der Waals surface area contributed by atoms with Gasteiger partial charge in [0.15, 0.2) is 0 Å². The third-order valence-electron chi connectivity index (χ3n) is 3.19. The molecule has 0 aliphatic rings. The second-order valence-corrected chi connectivity index (χ2v) is 10.5. The van der Waals surface area contributed by atoms with E-state index in [2.05, 4.69) is 0 Å². The average Bonchev–Trinajstić information content (AvgIpc) is 2.53. The molecule has 28 heavy (non-hydrogen) atoms. The molecule has 168 valence electrons. The molecule has 0 saturated carbocycles. The molecule has 0 aromatic heterocycles. The van der Waals surface area contributed by atoms with Crippen LogP contribution in [0.25, 0.3) is 0 Å². The highest BCUT2D eigenvalue weighted by molar-refractivity contribution is 8.13. The van der Waals surface area contributed by atoms with E-state index in [0.29, 0.717) is 64.6 Å². The van der Waals surface area contributed by atoms with Gasteiger partial charge in [0.2, 0.25) is 19.1 Å². The van der Waals surface area contributed by atoms with Crippen molar-refractivity contribution < 1.29 is 35.9 Å². The summed E-state index contributed by atoms with van der Waals surface area (Å²) in [5, 5.41) is 4.81. The highest BCUT2D eigenvalue weighted by atomic mass is 35.7. The summed E-state index contributed by atoms with van der Waals surface area (Å²) in [4.78, 5) is 21.7. The van der Waals surface area contributed by atoms with E-state index < -0.39 is 19.1 Å². The average molecular weight is 466 g/mol. The second-order valence-electron chi connectivity index (χ2n) is 5.84. The number of rotatable bonds is 14. The first-order valence-electron chi connectivity index (χ1n) is 9.15. The van der Waals surface area contributed by atoms with Crippen LogP contribution in [0.3, 0.4) is 0 Å². The number of carbonyl (C=O) groups is 2. The fourth-order valence-electron chi connectivity index (χ4n) is 1.94. The molecule has 0 aliphatic heterocycles. The number of halogens is 1. The number of primary sulfonamides is 1. The van der Waals surface area contributed by atoms with Crippen LogP contribution in [-0.4, -0.2) is 53.5 Å². The van der Waals surface area contributed by atoms with Crippen LogP contribution in [0.4, 0.5) is 0 Å². The Morgan fingerprint density at radius 3 is 1.46 bits per heavy atom. The van der Waals surface area contributed by atoms with Gasteiger partial charge in [0, 0.05) is 23.5 Å². The van der Waals surface area contributed by atoms with Crippen molar-refractivity contribution in [3.8, 4) is 0 Å². The Kier molecular flexibility index (Phi) is 17.8. The summed E-state index contributed by atoms with van der Waals surface area (Å²) < 4.78 is 51.5. The van der Waals surface area contributed by atoms with Crippen molar-refractivity contribution in [3.63, 3.8) is 0 Å². The molecular weight excluding hydrogens is 434 g/mol. The van der Waals surface area contributed by atoms with Crippen LogP contribution in [0.5, 0.6) is 0 Å². The first kappa shape index (κ1) is 29.3. The summed E-state index contributed by atoms with van der Waals surface area (Å²) in [6.07, 6.45) is 4.32. The van der Waals surface area contributed by atoms with Gasteiger partial charge in [-0.2, -0.15) is 0 Å². The minimum absolute atomic E-state index is 0.0180. The van der Waals surface area contributed by atoms with Gasteiger partial charge in [-0.3, -0.25) is 9.59 Å². The van der Waals surface area contributed by atoms with Crippen molar-refractivity contribution in [2.75, 3.05) is 24.7 Å². The molecule has 9 nitrogen and oxygen atoms in total. The molecule has 0 unspecified atom stereocenters. The van der Waals surface area contributed by atoms with Crippen LogP contribution in [0, 0.1) is 0 Å². The zero-order valence-electron chi connectivity index (χ0n) is 16.5. The number of nitrogens with two attached hydrogens (primary N) is 1. The lowest BCUT2D eigenvalue weighted by atomic mass is 10.2. The maximum Gasteiger partial charge on any atom is 0.305 e. The van der Waals surface area contributed by atoms with Gasteiger partial charge in [-0.25, -0.2) is 22.0 Å². The first-order chi connectivity index (χ1) is 12.9. The molecule has 0 aromatic carbocycles. The van der Waals surface area contributed by atoms with Crippen molar-refractivity contribution in [3.05, 3.63) is 0 Å². The van der Waals surface area contributed by atoms with Crippen LogP contribution in [0.2, 0.25) is 0 Å². The number of hydrogen-bond acceptors (Lipinski definition) is 8. The topological polar surface area (TPSA) is 147 Å². The molecule has 0 bridgehead atoms. The Labute approximate surface area is 172 Å². The minimum Gasteiger partial charge on any atom is -0.466 e. The van der Waals surface area contributed by atoms with Gasteiger partial charge < -0.3 is 9.47 Å². The largest absolute Gasteiger partial charge is 0.466 e. The zero-order valence-corrected chi connectivity index (χ0v) is 18.9. The minimum atomic E-state index is -3.38. The summed E-state index contributed by atoms with van der Waals surface area (Å²) in [7, 11) is -1.73. The third kappa shape index (κ3) is 27.3. The number of unbranched alkanes of at least 4 members (excludes halogenated alkanes) is 4. The van der Waals surface area contributed by atoms with E-state index in [1.807, 2.05) is 0 Å². The molecular formula is C16H32ClNO8S2. The highest BCUT2D eigenvalue weighted by Gasteiger charge is 2.06. The normalized spacial score (nSPS) is 11.3. The maximum atomic E-state index is 10.8. The Hall–Kier alpha value is -0.910. The van der Waals surface area contributed by atoms with Gasteiger partial charge >= 0.3 is 11.9 Å². The lowest BCUT2D eigenvalue weighted by Gasteiger charge is -2.01. The molecule has 0 spiro atoms. The Morgan fingerprint density at radius 1 is 0.750 bits per heavy atom. The highest BCUT2D eigenvalue weighted by Crippen LogP contribution is 2.06. The van der Waals surface area contributed by atoms with E-state index in [1.165, 1.54) is 0 Å². The molecule has 0 aromatic rings. The molecule has 12 heteroatoms. The summed E-state index contributed by atoms with van der Waals surface area (Å²) >= 11 is 0. The van der Waals surface area contributed by atoms with E-state index in [9.17, 15) is 26.4 Å². The zero-order chi connectivity index (χ0) is 22.1. The summed E-state index contributed by atoms with van der Waals surface area (Å²) in [6, 6.07) is 0. The van der Waals surface area contributed by atoms with Gasteiger partial charge in [-0.05, 0) is 39.5 Å². The van der Waals surface area contributed by atoms with Gasteiger partial charge in [-0.1, -0.05) is 12.8 Å². The number of esters is 2. The van der Waals surface area contributed by atoms with Crippen LogP contribution < -0.4 is 5.14 Å². The van der Waals surface area contributed by atoms with Crippen molar-refractivity contribution >= 4 is 41.7 Å². The molecule has 0 atom stereocenters. The molecule has 0 rings (SSSR count). The molecule has 0 aliphatic carbocycles. The summed E-state index contributed by atoms with van der Waals surface area (Å²) in [5.41, 5.74) is 0. The van der Waals surface area contributed by atoms with E-state index in [1.54, 1.807) is 13.8 Å². The smallest absolute Gasteiger partial charge is 0.305 e. The summed E-state index contributed by atoms with van der Waals surface area (Å²) in [6.45, 7) is 4.27. The molecule has 0 heterocycles. The molecule has 0 saturated heterocycles. The molecule has 0 radical (unpaired) electrons. The maximum absolute atomic E-state index is 10.8. The van der Waals surface area contributed by atoms with Crippen molar-refractivity contribution in [1.29, 1.82) is 0 Å². The van der Waals surface area contributed by atoms with E-state index in [4.69, 9.17) is 25.3 Å². The van der Waals surface area contributed by atoms with Gasteiger partial charge in [-0.15, -0.1) is 0 Å². The van der Waals surface area contributed by atoms with Gasteiger partial charge in [0.25, 0.3) is 0 Å². The molecule has 2 N–H and O–H groups in total.